The molecule has 3 unspecified atom stereocenters. The standard InChI is InChI=1S/C32H62N10O9/c33-10-4-1-7-30(27(36)49,21-24(43)44)40-15-13-39-14-16-41(31(28(37)50,22-25(45)46)8-2-5-11-34)18-20-42(19-17-40)32(29(38)51,23-26(47)48)9-3-6-12-35/h39H,1-23,33-35H2,(H2,36,49)(H2,37,50)(H2,38,51)(H,43,44)(H,45,46)(H,47,48). The monoisotopic (exact) mass is 730 g/mol. The molecule has 3 amide bonds. The Morgan fingerprint density at radius 3 is 0.941 bits per heavy atom. The summed E-state index contributed by atoms with van der Waals surface area (Å²) in [5, 5.41) is 33.2. The number of nitrogens with two attached hydrogens (primary N) is 6. The number of hydrogen-bond acceptors (Lipinski definition) is 13. The number of hydrogen-bond donors (Lipinski definition) is 10. The minimum Gasteiger partial charge on any atom is -0.481 e. The lowest BCUT2D eigenvalue weighted by molar-refractivity contribution is -0.150. The Hall–Kier alpha value is -3.46. The molecule has 51 heavy (non-hydrogen) atoms. The Bertz CT molecular complexity index is 1100. The van der Waals surface area contributed by atoms with Crippen LogP contribution in [0.3, 0.4) is 0 Å². The molecule has 1 heterocycles. The molecule has 19 nitrogen and oxygen atoms in total. The van der Waals surface area contributed by atoms with Gasteiger partial charge < -0.3 is 55.0 Å². The van der Waals surface area contributed by atoms with E-state index in [1.165, 1.54) is 0 Å². The van der Waals surface area contributed by atoms with Gasteiger partial charge in [-0.05, 0) is 77.4 Å². The van der Waals surface area contributed by atoms with Gasteiger partial charge in [-0.15, -0.1) is 0 Å². The number of unbranched alkanes of at least 4 members (excludes halogenated alkanes) is 3. The highest BCUT2D eigenvalue weighted by atomic mass is 16.4. The van der Waals surface area contributed by atoms with E-state index in [0.717, 1.165) is 0 Å². The molecule has 0 aromatic carbocycles. The van der Waals surface area contributed by atoms with Crippen LogP contribution in [0.4, 0.5) is 0 Å². The summed E-state index contributed by atoms with van der Waals surface area (Å²) in [7, 11) is 0. The molecule has 0 spiro atoms. The Kier molecular flexibility index (Phi) is 20.1. The Labute approximate surface area is 299 Å². The predicted molar refractivity (Wildman–Crippen MR) is 189 cm³/mol. The number of carboxylic acids is 3. The molecule has 3 atom stereocenters. The Morgan fingerprint density at radius 2 is 0.725 bits per heavy atom. The number of primary amides is 3. The third-order valence-electron chi connectivity index (χ3n) is 10.1. The van der Waals surface area contributed by atoms with Crippen LogP contribution in [0.25, 0.3) is 0 Å². The third kappa shape index (κ3) is 13.2. The molecule has 1 rings (SSSR count). The summed E-state index contributed by atoms with van der Waals surface area (Å²) < 4.78 is 0. The van der Waals surface area contributed by atoms with E-state index in [0.29, 0.717) is 51.6 Å². The number of rotatable bonds is 24. The number of carboxylic acid groups (broad SMARTS) is 3. The Balaban J connectivity index is 3.93. The van der Waals surface area contributed by atoms with E-state index in [1.54, 1.807) is 14.7 Å². The van der Waals surface area contributed by atoms with E-state index in [1.807, 2.05) is 0 Å². The lowest BCUT2D eigenvalue weighted by atomic mass is 9.84. The maximum absolute atomic E-state index is 13.5. The summed E-state index contributed by atoms with van der Waals surface area (Å²) in [5.74, 6) is -6.41. The van der Waals surface area contributed by atoms with Crippen molar-refractivity contribution in [1.29, 1.82) is 0 Å². The van der Waals surface area contributed by atoms with Crippen LogP contribution >= 0.6 is 0 Å². The molecule has 19 heteroatoms. The van der Waals surface area contributed by atoms with Crippen molar-refractivity contribution in [2.45, 2.75) is 93.7 Å². The van der Waals surface area contributed by atoms with E-state index < -0.39 is 71.5 Å². The highest BCUT2D eigenvalue weighted by molar-refractivity contribution is 5.90. The number of carbonyl (C=O) groups excluding carboxylic acids is 3. The maximum atomic E-state index is 13.5. The second-order valence-corrected chi connectivity index (χ2v) is 13.3. The molecular formula is C32H62N10O9. The van der Waals surface area contributed by atoms with Gasteiger partial charge in [0, 0.05) is 52.4 Å². The van der Waals surface area contributed by atoms with Gasteiger partial charge in [0.15, 0.2) is 0 Å². The first-order chi connectivity index (χ1) is 24.1. The number of carbonyl (C=O) groups is 6. The first kappa shape index (κ1) is 45.6. The van der Waals surface area contributed by atoms with Gasteiger partial charge in [-0.1, -0.05) is 0 Å². The topological polar surface area (TPSA) is 341 Å². The molecule has 0 saturated carbocycles. The van der Waals surface area contributed by atoms with E-state index in [2.05, 4.69) is 5.32 Å². The molecular weight excluding hydrogens is 668 g/mol. The lowest BCUT2D eigenvalue weighted by Crippen LogP contribution is -2.66. The number of nitrogens with one attached hydrogen (secondary N) is 1. The summed E-state index contributed by atoms with van der Waals surface area (Å²) in [5.41, 5.74) is 30.1. The zero-order chi connectivity index (χ0) is 38.7. The van der Waals surface area contributed by atoms with Gasteiger partial charge in [-0.25, -0.2) is 0 Å². The number of aliphatic carboxylic acids is 3. The second kappa shape index (κ2) is 22.5. The summed E-state index contributed by atoms with van der Waals surface area (Å²) >= 11 is 0. The third-order valence-corrected chi connectivity index (χ3v) is 10.1. The SMILES string of the molecule is NCCCCC(CC(=O)O)(C(N)=O)N1CCNCCN(C(CCCCN)(CC(=O)O)C(N)=O)CCN(C(CCCCN)(CC(=O)O)C(N)=O)CC1. The Morgan fingerprint density at radius 1 is 0.471 bits per heavy atom. The molecule has 1 fully saturated rings. The van der Waals surface area contributed by atoms with Crippen LogP contribution in [0.2, 0.25) is 0 Å². The van der Waals surface area contributed by atoms with Crippen molar-refractivity contribution >= 4 is 35.6 Å². The average molecular weight is 731 g/mol. The predicted octanol–water partition coefficient (Wildman–Crippen LogP) is -3.02. The summed E-state index contributed by atoms with van der Waals surface area (Å²) in [6.45, 7) is 1.38. The van der Waals surface area contributed by atoms with E-state index >= 15 is 0 Å². The summed E-state index contributed by atoms with van der Waals surface area (Å²) in [6, 6.07) is 0. The van der Waals surface area contributed by atoms with Crippen LogP contribution in [0, 0.1) is 0 Å². The van der Waals surface area contributed by atoms with Crippen LogP contribution in [0.5, 0.6) is 0 Å². The van der Waals surface area contributed by atoms with Crippen molar-refractivity contribution in [2.24, 2.45) is 34.4 Å². The van der Waals surface area contributed by atoms with Crippen molar-refractivity contribution < 1.29 is 44.1 Å². The van der Waals surface area contributed by atoms with Crippen LogP contribution < -0.4 is 39.7 Å². The molecule has 1 saturated heterocycles. The van der Waals surface area contributed by atoms with Crippen LogP contribution in [-0.4, -0.2) is 154 Å². The first-order valence-corrected chi connectivity index (χ1v) is 17.7. The van der Waals surface area contributed by atoms with Crippen molar-refractivity contribution in [3.63, 3.8) is 0 Å². The van der Waals surface area contributed by atoms with Crippen molar-refractivity contribution in [2.75, 3.05) is 72.0 Å². The van der Waals surface area contributed by atoms with Gasteiger partial charge in [-0.2, -0.15) is 0 Å². The molecule has 0 aliphatic carbocycles. The van der Waals surface area contributed by atoms with Crippen molar-refractivity contribution in [1.82, 2.24) is 20.0 Å². The summed E-state index contributed by atoms with van der Waals surface area (Å²) in [4.78, 5) is 81.6. The zero-order valence-corrected chi connectivity index (χ0v) is 29.9. The fourth-order valence-electron chi connectivity index (χ4n) is 7.26. The molecule has 294 valence electrons. The molecule has 0 bridgehead atoms. The summed E-state index contributed by atoms with van der Waals surface area (Å²) in [6.07, 6.45) is 0.917. The number of nitrogens with zero attached hydrogens (tertiary/aromatic N) is 3. The molecule has 1 aliphatic heterocycles. The average Bonchev–Trinajstić information content (AvgIpc) is 3.03. The molecule has 1 aliphatic rings. The normalized spacial score (nSPS) is 19.4. The number of amides is 3. The van der Waals surface area contributed by atoms with Crippen molar-refractivity contribution in [3.05, 3.63) is 0 Å². The molecule has 16 N–H and O–H groups in total. The second-order valence-electron chi connectivity index (χ2n) is 13.3. The molecule has 0 aromatic rings. The quantitative estimate of drug-likeness (QED) is 0.0442. The van der Waals surface area contributed by atoms with Crippen LogP contribution in [0.15, 0.2) is 0 Å². The minimum absolute atomic E-state index is 0.00651. The highest BCUT2D eigenvalue weighted by Gasteiger charge is 2.49. The highest BCUT2D eigenvalue weighted by Crippen LogP contribution is 2.32. The lowest BCUT2D eigenvalue weighted by Gasteiger charge is -2.47. The fourth-order valence-corrected chi connectivity index (χ4v) is 7.26. The van der Waals surface area contributed by atoms with E-state index in [-0.39, 0.29) is 78.2 Å². The largest absolute Gasteiger partial charge is 0.481 e. The maximum Gasteiger partial charge on any atom is 0.305 e. The van der Waals surface area contributed by atoms with Gasteiger partial charge in [0.1, 0.15) is 16.6 Å². The zero-order valence-electron chi connectivity index (χ0n) is 29.9. The van der Waals surface area contributed by atoms with E-state index in [4.69, 9.17) is 34.4 Å². The van der Waals surface area contributed by atoms with E-state index in [9.17, 15) is 44.1 Å². The fraction of sp³-hybridized carbons (Fsp3) is 0.812. The smallest absolute Gasteiger partial charge is 0.305 e. The van der Waals surface area contributed by atoms with Gasteiger partial charge in [-0.3, -0.25) is 43.5 Å². The minimum atomic E-state index is -1.77. The van der Waals surface area contributed by atoms with Gasteiger partial charge in [0.2, 0.25) is 17.7 Å². The molecule has 0 aromatic heterocycles. The van der Waals surface area contributed by atoms with Crippen LogP contribution in [0.1, 0.15) is 77.0 Å². The van der Waals surface area contributed by atoms with Gasteiger partial charge >= 0.3 is 17.9 Å². The van der Waals surface area contributed by atoms with Gasteiger partial charge in [0.25, 0.3) is 0 Å². The van der Waals surface area contributed by atoms with Crippen LogP contribution in [-0.2, 0) is 28.8 Å². The first-order valence-electron chi connectivity index (χ1n) is 17.7. The molecule has 0 radical (unpaired) electrons. The van der Waals surface area contributed by atoms with Gasteiger partial charge in [0.05, 0.1) is 19.3 Å². The van der Waals surface area contributed by atoms with Crippen molar-refractivity contribution in [3.8, 4) is 0 Å².